The van der Waals surface area contributed by atoms with Gasteiger partial charge in [-0.15, -0.1) is 0 Å². The Balaban J connectivity index is 0.000000180. The van der Waals surface area contributed by atoms with Crippen molar-refractivity contribution in [1.82, 2.24) is 35.6 Å². The van der Waals surface area contributed by atoms with E-state index in [0.29, 0.717) is 102 Å². The number of nitrogens with zero attached hydrogens (tertiary/aromatic N) is 5. The van der Waals surface area contributed by atoms with Gasteiger partial charge in [0.2, 0.25) is 0 Å². The largest absolute Gasteiger partial charge is 0.493 e. The van der Waals surface area contributed by atoms with Gasteiger partial charge in [-0.25, -0.2) is 34.5 Å². The zero-order valence-electron chi connectivity index (χ0n) is 70.6. The number of aliphatic hydroxyl groups is 3. The van der Waals surface area contributed by atoms with Crippen molar-refractivity contribution in [2.75, 3.05) is 21.3 Å². The summed E-state index contributed by atoms with van der Waals surface area (Å²) in [5.74, 6) is 3.01. The van der Waals surface area contributed by atoms with Crippen LogP contribution in [0.3, 0.4) is 0 Å². The number of hydrogen-bond acceptors (Lipinski definition) is 22. The van der Waals surface area contributed by atoms with Gasteiger partial charge in [0.15, 0.2) is 51.8 Å². The molecule has 3 fully saturated rings. The first kappa shape index (κ1) is 92.1. The van der Waals surface area contributed by atoms with Gasteiger partial charge in [0, 0.05) is 65.0 Å². The van der Waals surface area contributed by atoms with Crippen LogP contribution in [0.1, 0.15) is 215 Å². The number of halogens is 3. The molecule has 10 aromatic rings. The smallest absolute Gasteiger partial charge is 0.408 e. The number of nitrogens with one attached hydrogen (secondary N) is 2. The number of amides is 2. The summed E-state index contributed by atoms with van der Waals surface area (Å²) in [6, 6.07) is 52.1. The van der Waals surface area contributed by atoms with Crippen molar-refractivity contribution in [3.8, 4) is 57.0 Å². The fourth-order valence-corrected chi connectivity index (χ4v) is 13.4. The predicted octanol–water partition coefficient (Wildman–Crippen LogP) is 19.1. The molecule has 122 heavy (non-hydrogen) atoms. The lowest BCUT2D eigenvalue weighted by molar-refractivity contribution is 0.0394. The lowest BCUT2D eigenvalue weighted by Gasteiger charge is -2.30. The fourth-order valence-electron chi connectivity index (χ4n) is 12.8. The molecule has 0 bridgehead atoms. The lowest BCUT2D eigenvalue weighted by Crippen LogP contribution is -2.41. The summed E-state index contributed by atoms with van der Waals surface area (Å²) in [6.45, 7) is 16.2. The number of benzene rings is 5. The van der Waals surface area contributed by atoms with E-state index < -0.39 is 45.6 Å². The van der Waals surface area contributed by atoms with Crippen LogP contribution in [0.5, 0.6) is 34.5 Å². The molecule has 3 atom stereocenters. The number of nitrogens with two attached hydrogens (primary N) is 1. The van der Waals surface area contributed by atoms with Gasteiger partial charge < -0.3 is 69.6 Å². The number of rotatable bonds is 35. The SMILES string of the molecule is COc1cc(C(=O)CCC(C)(O)c2cc(C(C)(C)N)cc(-c3ccc(I)nc3)n2)ccc1OC1CC1.COc1cc(C(=O)CCC(C)(O)c2cc(C(C)(C)NC(=O)OCc3ccccc3)cc(-c3ccc(Cl)nc3)n2)ccc1OC1CC1.COc1cc(C(=O)CCC(C)(O)c2cc(C(C)(C)NC(=O)OCc3ccccc3)cc(Cl)n2)ccc1OC1CC1. The average Bonchev–Trinajstić information content (AvgIpc) is 1.51. The molecule has 0 radical (unpaired) electrons. The Kier molecular flexibility index (Phi) is 30.3. The molecule has 642 valence electrons. The molecular formula is C95H105Cl2IN8O16. The van der Waals surface area contributed by atoms with Crippen molar-refractivity contribution in [2.24, 2.45) is 5.73 Å². The molecule has 13 rings (SSSR count). The quantitative estimate of drug-likeness (QED) is 0.0122. The first-order valence-corrected chi connectivity index (χ1v) is 42.3. The molecule has 3 aliphatic rings. The van der Waals surface area contributed by atoms with Crippen LogP contribution in [0.4, 0.5) is 9.59 Å². The summed E-state index contributed by atoms with van der Waals surface area (Å²) in [5, 5.41) is 40.7. The van der Waals surface area contributed by atoms with Crippen LogP contribution in [0, 0.1) is 3.70 Å². The van der Waals surface area contributed by atoms with Gasteiger partial charge in [-0.2, -0.15) is 0 Å². The van der Waals surface area contributed by atoms with Crippen LogP contribution in [-0.4, -0.2) is 109 Å². The standard InChI is InChI=1S/C36H38ClN3O6.C31H35ClN2O6.C28H32IN3O4/c1-35(2,40-34(42)45-22-23-8-6-5-7-9-23)26-19-28(25-11-15-33(37)38-21-25)39-32(20-26)36(3,43)17-16-29(41)24-10-14-30(31(18-24)44-4)46-27-12-13-27;1-30(2,34-29(36)39-19-20-8-6-5-7-9-20)22-17-27(33-28(32)18-22)31(3,37)15-14-24(35)21-10-13-25(26(16-21)38-4)40-23-11-12-23;1-27(2,30)19-14-21(18-6-10-26(29)31-16-18)32-25(15-19)28(3,34)12-11-22(33)17-5-9-23(24(13-17)35-4)36-20-7-8-20/h5-11,14-15,18-21,27,43H,12-13,16-17,22H2,1-4H3,(H,40,42);5-10,13,16-18,23,37H,11-12,14-15,19H2,1-4H3,(H,34,36);5-6,9-10,13-16,20,34H,7-8,11-12,30H2,1-4H3. The average molecular weight is 1810 g/mol. The molecule has 3 saturated carbocycles. The highest BCUT2D eigenvalue weighted by molar-refractivity contribution is 14.1. The van der Waals surface area contributed by atoms with E-state index in [1.54, 1.807) is 146 Å². The molecule has 3 unspecified atom stereocenters. The highest BCUT2D eigenvalue weighted by Crippen LogP contribution is 2.41. The van der Waals surface area contributed by atoms with E-state index in [1.807, 2.05) is 119 Å². The zero-order chi connectivity index (χ0) is 87.9. The number of alkyl carbamates (subject to hydrolysis) is 2. The van der Waals surface area contributed by atoms with Gasteiger partial charge in [-0.3, -0.25) is 14.4 Å². The number of Topliss-reactive ketones (excluding diaryl/α,β-unsaturated/α-hetero) is 3. The Bertz CT molecular complexity index is 5330. The maximum atomic E-state index is 13.3. The van der Waals surface area contributed by atoms with Crippen molar-refractivity contribution < 1.29 is 77.2 Å². The Morgan fingerprint density at radius 1 is 0.426 bits per heavy atom. The Morgan fingerprint density at radius 3 is 1.12 bits per heavy atom. The monoisotopic (exact) mass is 1810 g/mol. The van der Waals surface area contributed by atoms with Gasteiger partial charge in [-0.1, -0.05) is 83.9 Å². The topological polar surface area (TPSA) is 334 Å². The van der Waals surface area contributed by atoms with Crippen LogP contribution < -0.4 is 44.8 Å². The van der Waals surface area contributed by atoms with Crippen molar-refractivity contribution in [3.63, 3.8) is 0 Å². The third-order valence-corrected chi connectivity index (χ3v) is 22.1. The molecule has 5 aromatic carbocycles. The molecule has 3 aliphatic carbocycles. The zero-order valence-corrected chi connectivity index (χ0v) is 74.3. The predicted molar refractivity (Wildman–Crippen MR) is 474 cm³/mol. The van der Waals surface area contributed by atoms with E-state index in [4.69, 9.17) is 76.8 Å². The molecule has 5 aromatic heterocycles. The Morgan fingerprint density at radius 2 is 0.779 bits per heavy atom. The number of carbonyl (C=O) groups excluding carboxylic acids is 5. The van der Waals surface area contributed by atoms with Gasteiger partial charge in [0.05, 0.1) is 79.2 Å². The van der Waals surface area contributed by atoms with E-state index in [0.717, 1.165) is 64.5 Å². The van der Waals surface area contributed by atoms with Crippen LogP contribution in [-0.2, 0) is 56.1 Å². The number of ether oxygens (including phenoxy) is 8. The Hall–Kier alpha value is -10.7. The molecular weight excluding hydrogens is 1710 g/mol. The second kappa shape index (κ2) is 40.1. The molecule has 5 heterocycles. The second-order valence-corrected chi connectivity index (χ2v) is 34.9. The minimum absolute atomic E-state index is 0.0518. The maximum Gasteiger partial charge on any atom is 0.408 e. The Labute approximate surface area is 735 Å². The second-order valence-electron chi connectivity index (χ2n) is 33.0. The van der Waals surface area contributed by atoms with Crippen molar-refractivity contribution in [3.05, 3.63) is 264 Å². The van der Waals surface area contributed by atoms with E-state index in [9.17, 15) is 39.3 Å². The number of pyridine rings is 5. The molecule has 2 amide bonds. The number of methoxy groups -OCH3 is 3. The van der Waals surface area contributed by atoms with Crippen molar-refractivity contribution in [2.45, 2.75) is 204 Å². The summed E-state index contributed by atoms with van der Waals surface area (Å²) in [5.41, 5.74) is 8.75. The molecule has 0 aliphatic heterocycles. The molecule has 7 N–H and O–H groups in total. The van der Waals surface area contributed by atoms with Crippen LogP contribution in [0.25, 0.3) is 22.5 Å². The highest BCUT2D eigenvalue weighted by Gasteiger charge is 2.36. The van der Waals surface area contributed by atoms with Gasteiger partial charge in [0.25, 0.3) is 0 Å². The molecule has 0 saturated heterocycles. The summed E-state index contributed by atoms with van der Waals surface area (Å²) >= 11 is 14.5. The summed E-state index contributed by atoms with van der Waals surface area (Å²) in [7, 11) is 4.64. The maximum absolute atomic E-state index is 13.3. The highest BCUT2D eigenvalue weighted by atomic mass is 127. The summed E-state index contributed by atoms with van der Waals surface area (Å²) in [4.78, 5) is 87.0. The summed E-state index contributed by atoms with van der Waals surface area (Å²) in [6.07, 6.45) is 9.58. The fraction of sp³-hybridized carbons (Fsp3) is 0.368. The van der Waals surface area contributed by atoms with Crippen LogP contribution >= 0.6 is 45.8 Å². The first-order valence-electron chi connectivity index (χ1n) is 40.4. The third kappa shape index (κ3) is 26.2. The number of aromatic nitrogens is 5. The van der Waals surface area contributed by atoms with Gasteiger partial charge in [0.1, 0.15) is 44.0 Å². The van der Waals surface area contributed by atoms with Crippen LogP contribution in [0.2, 0.25) is 10.3 Å². The molecule has 0 spiro atoms. The minimum atomic E-state index is -1.50. The van der Waals surface area contributed by atoms with Crippen molar-refractivity contribution in [1.29, 1.82) is 0 Å². The molecule has 24 nitrogen and oxygen atoms in total. The van der Waals surface area contributed by atoms with Crippen LogP contribution in [0.15, 0.2) is 188 Å². The van der Waals surface area contributed by atoms with E-state index in [1.165, 1.54) is 7.11 Å². The number of hydrogen-bond donors (Lipinski definition) is 6. The van der Waals surface area contributed by atoms with Crippen molar-refractivity contribution >= 4 is 75.3 Å². The van der Waals surface area contributed by atoms with E-state index in [2.05, 4.69) is 48.2 Å². The number of carbonyl (C=O) groups is 5. The van der Waals surface area contributed by atoms with E-state index >= 15 is 0 Å². The minimum Gasteiger partial charge on any atom is -0.493 e. The summed E-state index contributed by atoms with van der Waals surface area (Å²) < 4.78 is 45.6. The van der Waals surface area contributed by atoms with E-state index in [-0.39, 0.29) is 92.6 Å². The number of ketones is 3. The molecule has 27 heteroatoms. The third-order valence-electron chi connectivity index (χ3n) is 21.0. The van der Waals surface area contributed by atoms with Gasteiger partial charge in [-0.05, 0) is 286 Å². The van der Waals surface area contributed by atoms with Gasteiger partial charge >= 0.3 is 12.2 Å². The lowest BCUT2D eigenvalue weighted by atomic mass is 9.87. The normalized spacial score (nSPS) is 14.7. The first-order chi connectivity index (χ1) is 57.9.